The second kappa shape index (κ2) is 5.32. The second-order valence-electron chi connectivity index (χ2n) is 4.47. The van der Waals surface area contributed by atoms with Crippen LogP contribution in [0, 0.1) is 15.5 Å². The van der Waals surface area contributed by atoms with E-state index in [4.69, 9.17) is 17.3 Å². The summed E-state index contributed by atoms with van der Waals surface area (Å²) in [4.78, 5) is 21.8. The quantitative estimate of drug-likeness (QED) is 0.647. The molecule has 0 aliphatic heterocycles. The number of rotatable bonds is 4. The maximum Gasteiger partial charge on any atom is 0.288 e. The molecule has 0 heterocycles. The van der Waals surface area contributed by atoms with Crippen molar-refractivity contribution in [1.29, 1.82) is 0 Å². The zero-order valence-electron chi connectivity index (χ0n) is 10.1. The van der Waals surface area contributed by atoms with Gasteiger partial charge in [-0.2, -0.15) is 0 Å². The normalized spacial score (nSPS) is 11.1. The summed E-state index contributed by atoms with van der Waals surface area (Å²) in [7, 11) is 0. The van der Waals surface area contributed by atoms with E-state index >= 15 is 0 Å². The Hall–Kier alpha value is -1.66. The lowest BCUT2D eigenvalue weighted by molar-refractivity contribution is -0.384. The molecule has 18 heavy (non-hydrogen) atoms. The summed E-state index contributed by atoms with van der Waals surface area (Å²) < 4.78 is 0. The molecule has 0 saturated heterocycles. The first-order valence-corrected chi connectivity index (χ1v) is 5.61. The van der Waals surface area contributed by atoms with Gasteiger partial charge in [-0.3, -0.25) is 14.9 Å². The van der Waals surface area contributed by atoms with E-state index in [2.05, 4.69) is 5.32 Å². The van der Waals surface area contributed by atoms with E-state index in [-0.39, 0.29) is 23.2 Å². The number of nitrogens with two attached hydrogens (primary N) is 1. The summed E-state index contributed by atoms with van der Waals surface area (Å²) in [5, 5.41) is 13.2. The molecule has 1 aromatic rings. The van der Waals surface area contributed by atoms with Gasteiger partial charge in [0.1, 0.15) is 5.02 Å². The largest absolute Gasteiger partial charge is 0.329 e. The summed E-state index contributed by atoms with van der Waals surface area (Å²) in [5.74, 6) is -0.269. The Balaban J connectivity index is 2.91. The minimum Gasteiger partial charge on any atom is -0.329 e. The van der Waals surface area contributed by atoms with Crippen molar-refractivity contribution >= 4 is 28.9 Å². The summed E-state index contributed by atoms with van der Waals surface area (Å²) in [5.41, 5.74) is 4.96. The highest BCUT2D eigenvalue weighted by Crippen LogP contribution is 2.28. The van der Waals surface area contributed by atoms with Crippen molar-refractivity contribution in [1.82, 2.24) is 0 Å². The van der Waals surface area contributed by atoms with Gasteiger partial charge in [-0.1, -0.05) is 11.6 Å². The summed E-state index contributed by atoms with van der Waals surface area (Å²) in [6.07, 6.45) is 0. The predicted molar refractivity (Wildman–Crippen MR) is 69.6 cm³/mol. The zero-order chi connectivity index (χ0) is 13.9. The number of halogens is 1. The SMILES string of the molecule is CC(C)(CN)C(=O)Nc1ccc([N+](=O)[O-])c(Cl)c1. The van der Waals surface area contributed by atoms with Crippen molar-refractivity contribution in [3.05, 3.63) is 33.3 Å². The average Bonchev–Trinajstić information content (AvgIpc) is 2.28. The molecule has 98 valence electrons. The van der Waals surface area contributed by atoms with Gasteiger partial charge in [-0.25, -0.2) is 0 Å². The molecule has 0 aliphatic carbocycles. The van der Waals surface area contributed by atoms with Crippen LogP contribution < -0.4 is 11.1 Å². The van der Waals surface area contributed by atoms with Crippen molar-refractivity contribution < 1.29 is 9.72 Å². The lowest BCUT2D eigenvalue weighted by Crippen LogP contribution is -2.37. The van der Waals surface area contributed by atoms with Gasteiger partial charge in [0.2, 0.25) is 5.91 Å². The van der Waals surface area contributed by atoms with Crippen LogP contribution in [0.3, 0.4) is 0 Å². The number of nitrogens with zero attached hydrogens (tertiary/aromatic N) is 1. The molecule has 0 aromatic heterocycles. The van der Waals surface area contributed by atoms with Gasteiger partial charge < -0.3 is 11.1 Å². The second-order valence-corrected chi connectivity index (χ2v) is 4.87. The fourth-order valence-electron chi connectivity index (χ4n) is 1.13. The number of hydrogen-bond acceptors (Lipinski definition) is 4. The van der Waals surface area contributed by atoms with Gasteiger partial charge in [0.25, 0.3) is 5.69 Å². The third kappa shape index (κ3) is 3.18. The highest BCUT2D eigenvalue weighted by Gasteiger charge is 2.26. The molecular weight excluding hydrogens is 258 g/mol. The van der Waals surface area contributed by atoms with Crippen LogP contribution in [0.4, 0.5) is 11.4 Å². The van der Waals surface area contributed by atoms with E-state index in [9.17, 15) is 14.9 Å². The van der Waals surface area contributed by atoms with Crippen molar-refractivity contribution in [2.75, 3.05) is 11.9 Å². The summed E-state index contributed by atoms with van der Waals surface area (Å²) in [6, 6.07) is 4.01. The maximum atomic E-state index is 11.8. The van der Waals surface area contributed by atoms with E-state index in [1.165, 1.54) is 18.2 Å². The van der Waals surface area contributed by atoms with Crippen molar-refractivity contribution in [3.8, 4) is 0 Å². The molecule has 3 N–H and O–H groups in total. The number of nitro groups is 1. The topological polar surface area (TPSA) is 98.3 Å². The fraction of sp³-hybridized carbons (Fsp3) is 0.364. The molecule has 0 unspecified atom stereocenters. The third-order valence-electron chi connectivity index (χ3n) is 2.53. The van der Waals surface area contributed by atoms with Crippen LogP contribution in [0.1, 0.15) is 13.8 Å². The first-order chi connectivity index (χ1) is 8.27. The van der Waals surface area contributed by atoms with Gasteiger partial charge in [0.15, 0.2) is 0 Å². The Labute approximate surface area is 109 Å². The number of carbonyl (C=O) groups excluding carboxylic acids is 1. The van der Waals surface area contributed by atoms with Crippen molar-refractivity contribution in [3.63, 3.8) is 0 Å². The number of nitro benzene ring substituents is 1. The number of anilines is 1. The van der Waals surface area contributed by atoms with Crippen LogP contribution >= 0.6 is 11.6 Å². The van der Waals surface area contributed by atoms with E-state index < -0.39 is 10.3 Å². The lowest BCUT2D eigenvalue weighted by Gasteiger charge is -2.21. The monoisotopic (exact) mass is 271 g/mol. The molecule has 0 bridgehead atoms. The minimum atomic E-state index is -0.714. The number of hydrogen-bond donors (Lipinski definition) is 2. The molecule has 7 heteroatoms. The first kappa shape index (κ1) is 14.4. The minimum absolute atomic E-state index is 0.0247. The third-order valence-corrected chi connectivity index (χ3v) is 2.83. The lowest BCUT2D eigenvalue weighted by atomic mass is 9.92. The van der Waals surface area contributed by atoms with Crippen LogP contribution in [0.5, 0.6) is 0 Å². The van der Waals surface area contributed by atoms with E-state index in [0.717, 1.165) is 0 Å². The van der Waals surface area contributed by atoms with Crippen LogP contribution in [0.25, 0.3) is 0 Å². The van der Waals surface area contributed by atoms with Gasteiger partial charge >= 0.3 is 0 Å². The molecule has 1 aromatic carbocycles. The van der Waals surface area contributed by atoms with Gasteiger partial charge in [0.05, 0.1) is 10.3 Å². The average molecular weight is 272 g/mol. The standard InChI is InChI=1S/C11H14ClN3O3/c1-11(2,6-13)10(16)14-7-3-4-9(15(17)18)8(12)5-7/h3-5H,6,13H2,1-2H3,(H,14,16). The molecule has 0 radical (unpaired) electrons. The first-order valence-electron chi connectivity index (χ1n) is 5.23. The predicted octanol–water partition coefficient (Wildman–Crippen LogP) is 2.17. The van der Waals surface area contributed by atoms with E-state index in [1.54, 1.807) is 13.8 Å². The number of carbonyl (C=O) groups is 1. The number of nitrogens with one attached hydrogen (secondary N) is 1. The maximum absolute atomic E-state index is 11.8. The highest BCUT2D eigenvalue weighted by atomic mass is 35.5. The Morgan fingerprint density at radius 3 is 2.61 bits per heavy atom. The molecule has 0 fully saturated rings. The van der Waals surface area contributed by atoms with Crippen LogP contribution in [-0.2, 0) is 4.79 Å². The molecule has 1 amide bonds. The Bertz CT molecular complexity index is 488. The fourth-order valence-corrected chi connectivity index (χ4v) is 1.38. The molecule has 0 spiro atoms. The molecule has 6 nitrogen and oxygen atoms in total. The van der Waals surface area contributed by atoms with Gasteiger partial charge in [-0.15, -0.1) is 0 Å². The molecule has 1 rings (SSSR count). The van der Waals surface area contributed by atoms with E-state index in [0.29, 0.717) is 5.69 Å². The Morgan fingerprint density at radius 1 is 1.56 bits per heavy atom. The molecule has 0 atom stereocenters. The van der Waals surface area contributed by atoms with Crippen LogP contribution in [-0.4, -0.2) is 17.4 Å². The highest BCUT2D eigenvalue weighted by molar-refractivity contribution is 6.33. The zero-order valence-corrected chi connectivity index (χ0v) is 10.8. The molecule has 0 aliphatic rings. The molecule has 0 saturated carbocycles. The van der Waals surface area contributed by atoms with Crippen LogP contribution in [0.15, 0.2) is 18.2 Å². The smallest absolute Gasteiger partial charge is 0.288 e. The van der Waals surface area contributed by atoms with Gasteiger partial charge in [-0.05, 0) is 26.0 Å². The number of amides is 1. The number of benzene rings is 1. The Morgan fingerprint density at radius 2 is 2.17 bits per heavy atom. The van der Waals surface area contributed by atoms with E-state index in [1.807, 2.05) is 0 Å². The summed E-state index contributed by atoms with van der Waals surface area (Å²) in [6.45, 7) is 3.60. The Kier molecular flexibility index (Phi) is 4.26. The van der Waals surface area contributed by atoms with Crippen molar-refractivity contribution in [2.45, 2.75) is 13.8 Å². The summed E-state index contributed by atoms with van der Waals surface area (Å²) >= 11 is 5.74. The van der Waals surface area contributed by atoms with Crippen LogP contribution in [0.2, 0.25) is 5.02 Å². The van der Waals surface area contributed by atoms with Crippen molar-refractivity contribution in [2.24, 2.45) is 11.1 Å². The molecular formula is C11H14ClN3O3. The van der Waals surface area contributed by atoms with Gasteiger partial charge in [0, 0.05) is 18.3 Å².